The van der Waals surface area contributed by atoms with Crippen molar-refractivity contribution >= 4 is 0 Å². The van der Waals surface area contributed by atoms with Crippen molar-refractivity contribution in [2.24, 2.45) is 0 Å². The van der Waals surface area contributed by atoms with Crippen LogP contribution in [0.1, 0.15) is 32.3 Å². The number of ether oxygens (including phenoxy) is 1. The molecule has 18 heavy (non-hydrogen) atoms. The minimum Gasteiger partial charge on any atom is -0.439 e. The molecule has 0 saturated carbocycles. The molecule has 2 heteroatoms. The van der Waals surface area contributed by atoms with Crippen LogP contribution in [0.4, 0.5) is 0 Å². The van der Waals surface area contributed by atoms with Crippen molar-refractivity contribution in [3.63, 3.8) is 0 Å². The summed E-state index contributed by atoms with van der Waals surface area (Å²) >= 11 is 0. The molecule has 0 amide bonds. The number of para-hydroxylation sites is 1. The van der Waals surface area contributed by atoms with Crippen LogP contribution in [0, 0.1) is 6.92 Å². The molecule has 2 rings (SSSR count). The first-order valence-electron chi connectivity index (χ1n) is 6.42. The van der Waals surface area contributed by atoms with Gasteiger partial charge in [-0.05, 0) is 24.6 Å². The maximum atomic E-state index is 5.60. The number of aromatic nitrogens is 1. The molecule has 2 nitrogen and oxygen atoms in total. The number of aryl methyl sites for hydroxylation is 1. The third kappa shape index (κ3) is 5.00. The number of nitrogens with zero attached hydrogens (tertiary/aromatic N) is 1. The summed E-state index contributed by atoms with van der Waals surface area (Å²) in [5.41, 5.74) is 1.11. The predicted octanol–water partition coefficient (Wildman–Crippen LogP) is 4.99. The zero-order valence-corrected chi connectivity index (χ0v) is 11.4. The van der Waals surface area contributed by atoms with E-state index in [9.17, 15) is 0 Å². The van der Waals surface area contributed by atoms with Crippen molar-refractivity contribution < 1.29 is 4.74 Å². The first-order valence-corrected chi connectivity index (χ1v) is 6.42. The lowest BCUT2D eigenvalue weighted by Crippen LogP contribution is -1.88. The van der Waals surface area contributed by atoms with Crippen LogP contribution in [0.2, 0.25) is 0 Å². The van der Waals surface area contributed by atoms with E-state index in [1.165, 1.54) is 12.8 Å². The van der Waals surface area contributed by atoms with Crippen molar-refractivity contribution in [2.75, 3.05) is 0 Å². The third-order valence-corrected chi connectivity index (χ3v) is 2.45. The zero-order chi connectivity index (χ0) is 13.2. The van der Waals surface area contributed by atoms with Crippen LogP contribution in [0.3, 0.4) is 0 Å². The number of benzene rings is 1. The molecule has 1 aromatic heterocycles. The summed E-state index contributed by atoms with van der Waals surface area (Å²) in [4.78, 5) is 4.09. The summed E-state index contributed by atoms with van der Waals surface area (Å²) in [5.74, 6) is 1.48. The van der Waals surface area contributed by atoms with E-state index in [1.54, 1.807) is 6.20 Å². The van der Waals surface area contributed by atoms with E-state index in [1.807, 2.05) is 49.4 Å². The second-order valence-electron chi connectivity index (χ2n) is 4.04. The molecule has 96 valence electrons. The van der Waals surface area contributed by atoms with Crippen molar-refractivity contribution in [1.82, 2.24) is 4.98 Å². The van der Waals surface area contributed by atoms with Crippen molar-refractivity contribution in [3.05, 3.63) is 54.2 Å². The Kier molecular flexibility index (Phi) is 6.55. The van der Waals surface area contributed by atoms with Gasteiger partial charge in [-0.2, -0.15) is 0 Å². The Balaban J connectivity index is 0.000000357. The van der Waals surface area contributed by atoms with Crippen LogP contribution in [-0.2, 0) is 0 Å². The number of hydrogen-bond acceptors (Lipinski definition) is 2. The fourth-order valence-corrected chi connectivity index (χ4v) is 1.19. The molecule has 0 atom stereocenters. The molecule has 0 aliphatic heterocycles. The molecule has 1 aromatic carbocycles. The number of unbranched alkanes of at least 4 members (excludes halogenated alkanes) is 1. The van der Waals surface area contributed by atoms with Crippen molar-refractivity contribution in [3.8, 4) is 11.6 Å². The minimum absolute atomic E-state index is 0.627. The monoisotopic (exact) mass is 243 g/mol. The highest BCUT2D eigenvalue weighted by Gasteiger charge is 1.99. The molecule has 0 radical (unpaired) electrons. The Hall–Kier alpha value is -1.83. The molecule has 0 unspecified atom stereocenters. The molecule has 0 aliphatic carbocycles. The van der Waals surface area contributed by atoms with Gasteiger partial charge in [0.25, 0.3) is 0 Å². The lowest BCUT2D eigenvalue weighted by molar-refractivity contribution is 0.459. The molecule has 0 spiro atoms. The highest BCUT2D eigenvalue weighted by atomic mass is 16.5. The first-order chi connectivity index (χ1) is 8.77. The normalized spacial score (nSPS) is 9.28. The second-order valence-corrected chi connectivity index (χ2v) is 4.04. The second kappa shape index (κ2) is 8.29. The summed E-state index contributed by atoms with van der Waals surface area (Å²) < 4.78 is 5.60. The largest absolute Gasteiger partial charge is 0.439 e. The van der Waals surface area contributed by atoms with Crippen molar-refractivity contribution in [1.29, 1.82) is 0 Å². The molecule has 1 heterocycles. The van der Waals surface area contributed by atoms with Gasteiger partial charge in [0, 0.05) is 12.3 Å². The fourth-order valence-electron chi connectivity index (χ4n) is 1.19. The van der Waals surface area contributed by atoms with E-state index in [2.05, 4.69) is 18.8 Å². The summed E-state index contributed by atoms with van der Waals surface area (Å²) in [6.07, 6.45) is 4.35. The Morgan fingerprint density at radius 2 is 1.61 bits per heavy atom. The molecular formula is C16H21NO. The number of pyridine rings is 1. The van der Waals surface area contributed by atoms with Gasteiger partial charge in [-0.3, -0.25) is 0 Å². The van der Waals surface area contributed by atoms with Gasteiger partial charge in [0.1, 0.15) is 5.75 Å². The molecule has 0 saturated heterocycles. The Morgan fingerprint density at radius 3 is 2.17 bits per heavy atom. The Labute approximate surface area is 110 Å². The molecule has 0 fully saturated rings. The van der Waals surface area contributed by atoms with Crippen LogP contribution in [-0.4, -0.2) is 4.98 Å². The first kappa shape index (κ1) is 14.2. The van der Waals surface area contributed by atoms with Gasteiger partial charge in [-0.1, -0.05) is 51.0 Å². The Bertz CT molecular complexity index is 438. The average Bonchev–Trinajstić information content (AvgIpc) is 2.43. The van der Waals surface area contributed by atoms with Gasteiger partial charge in [0.2, 0.25) is 5.88 Å². The summed E-state index contributed by atoms with van der Waals surface area (Å²) in [5, 5.41) is 0. The smallest absolute Gasteiger partial charge is 0.219 e. The summed E-state index contributed by atoms with van der Waals surface area (Å²) in [6, 6.07) is 13.5. The van der Waals surface area contributed by atoms with Gasteiger partial charge in [-0.15, -0.1) is 0 Å². The third-order valence-electron chi connectivity index (χ3n) is 2.45. The average molecular weight is 243 g/mol. The number of rotatable bonds is 3. The van der Waals surface area contributed by atoms with E-state index in [0.29, 0.717) is 5.88 Å². The topological polar surface area (TPSA) is 22.1 Å². The highest BCUT2D eigenvalue weighted by Crippen LogP contribution is 2.22. The van der Waals surface area contributed by atoms with Gasteiger partial charge in [0.05, 0.1) is 0 Å². The van der Waals surface area contributed by atoms with Crippen LogP contribution in [0.5, 0.6) is 11.6 Å². The maximum absolute atomic E-state index is 5.60. The van der Waals surface area contributed by atoms with E-state index >= 15 is 0 Å². The maximum Gasteiger partial charge on any atom is 0.219 e. The molecule has 0 N–H and O–H groups in total. The summed E-state index contributed by atoms with van der Waals surface area (Å²) in [7, 11) is 0. The lowest BCUT2D eigenvalue weighted by atomic mass is 10.2. The van der Waals surface area contributed by atoms with E-state index in [0.717, 1.165) is 11.3 Å². The van der Waals surface area contributed by atoms with Crippen LogP contribution < -0.4 is 4.74 Å². The van der Waals surface area contributed by atoms with Crippen molar-refractivity contribution in [2.45, 2.75) is 33.6 Å². The Morgan fingerprint density at radius 1 is 0.944 bits per heavy atom. The van der Waals surface area contributed by atoms with Gasteiger partial charge < -0.3 is 4.74 Å². The quantitative estimate of drug-likeness (QED) is 0.757. The SMILES string of the molecule is CCCC.Cc1ccccc1Oc1ccccn1. The highest BCUT2D eigenvalue weighted by molar-refractivity contribution is 5.34. The number of hydrogen-bond donors (Lipinski definition) is 0. The molecular weight excluding hydrogens is 222 g/mol. The minimum atomic E-state index is 0.627. The van der Waals surface area contributed by atoms with Crippen LogP contribution in [0.25, 0.3) is 0 Å². The zero-order valence-electron chi connectivity index (χ0n) is 11.4. The van der Waals surface area contributed by atoms with Crippen LogP contribution >= 0.6 is 0 Å². The molecule has 2 aromatic rings. The van der Waals surface area contributed by atoms with Gasteiger partial charge in [-0.25, -0.2) is 4.98 Å². The van der Waals surface area contributed by atoms with Crippen LogP contribution in [0.15, 0.2) is 48.7 Å². The predicted molar refractivity (Wildman–Crippen MR) is 76.1 cm³/mol. The molecule has 0 bridgehead atoms. The van der Waals surface area contributed by atoms with E-state index in [-0.39, 0.29) is 0 Å². The standard InChI is InChI=1S/C12H11NO.C4H10/c1-10-6-2-3-7-11(10)14-12-8-4-5-9-13-12;1-3-4-2/h2-9H,1H3;3-4H2,1-2H3. The lowest BCUT2D eigenvalue weighted by Gasteiger charge is -2.06. The van der Waals surface area contributed by atoms with E-state index in [4.69, 9.17) is 4.74 Å². The van der Waals surface area contributed by atoms with Gasteiger partial charge >= 0.3 is 0 Å². The molecule has 0 aliphatic rings. The van der Waals surface area contributed by atoms with E-state index < -0.39 is 0 Å². The fraction of sp³-hybridized carbons (Fsp3) is 0.312. The summed E-state index contributed by atoms with van der Waals surface area (Å²) in [6.45, 7) is 6.37. The van der Waals surface area contributed by atoms with Gasteiger partial charge in [0.15, 0.2) is 0 Å².